The van der Waals surface area contributed by atoms with Gasteiger partial charge in [-0.05, 0) is 44.4 Å². The first kappa shape index (κ1) is 10.9. The molecule has 0 aromatic heterocycles. The Labute approximate surface area is 79.7 Å². The fraction of sp³-hybridized carbons (Fsp3) is 1.00. The molecule has 0 unspecified atom stereocenters. The van der Waals surface area contributed by atoms with Crippen LogP contribution in [0.3, 0.4) is 0 Å². The molecule has 1 rings (SSSR count). The van der Waals surface area contributed by atoms with Crippen molar-refractivity contribution in [1.29, 1.82) is 0 Å². The molecule has 78 valence electrons. The zero-order chi connectivity index (χ0) is 10.1. The lowest BCUT2D eigenvalue weighted by molar-refractivity contribution is -0.0598. The first-order valence-electron chi connectivity index (χ1n) is 5.29. The number of hydrogen-bond acceptors (Lipinski definition) is 0. The van der Waals surface area contributed by atoms with Crippen molar-refractivity contribution in [3.05, 3.63) is 0 Å². The molecule has 1 aliphatic rings. The van der Waals surface area contributed by atoms with Crippen LogP contribution in [0.1, 0.15) is 46.5 Å². The smallest absolute Gasteiger partial charge is 0.207 e. The average Bonchev–Trinajstić information content (AvgIpc) is 2.03. The minimum Gasteiger partial charge on any atom is -0.207 e. The fourth-order valence-corrected chi connectivity index (χ4v) is 2.29. The van der Waals surface area contributed by atoms with Gasteiger partial charge in [-0.15, -0.1) is 0 Å². The first-order chi connectivity index (χ1) is 5.91. The summed E-state index contributed by atoms with van der Waals surface area (Å²) in [4.78, 5) is 0. The molecule has 0 nitrogen and oxygen atoms in total. The van der Waals surface area contributed by atoms with Crippen molar-refractivity contribution in [3.8, 4) is 0 Å². The van der Waals surface area contributed by atoms with Crippen molar-refractivity contribution in [2.24, 2.45) is 17.8 Å². The maximum absolute atomic E-state index is 12.9. The molecule has 0 atom stereocenters. The second-order valence-corrected chi connectivity index (χ2v) is 4.81. The van der Waals surface area contributed by atoms with Gasteiger partial charge < -0.3 is 0 Å². The second-order valence-electron chi connectivity index (χ2n) is 4.81. The summed E-state index contributed by atoms with van der Waals surface area (Å²) < 4.78 is 25.9. The maximum atomic E-state index is 12.9. The predicted octanol–water partition coefficient (Wildman–Crippen LogP) is 4.10. The van der Waals surface area contributed by atoms with Gasteiger partial charge >= 0.3 is 0 Å². The molecule has 0 aromatic carbocycles. The van der Waals surface area contributed by atoms with Crippen LogP contribution in [0.4, 0.5) is 8.78 Å². The molecular weight excluding hydrogens is 170 g/mol. The highest BCUT2D eigenvalue weighted by Gasteiger charge is 2.37. The summed E-state index contributed by atoms with van der Waals surface area (Å²) in [5, 5.41) is 0. The Kier molecular flexibility index (Phi) is 3.31. The van der Waals surface area contributed by atoms with Gasteiger partial charge in [-0.2, -0.15) is 0 Å². The Bertz CT molecular complexity index is 150. The van der Waals surface area contributed by atoms with Crippen LogP contribution < -0.4 is 0 Å². The van der Waals surface area contributed by atoms with Crippen molar-refractivity contribution < 1.29 is 8.78 Å². The number of rotatable bonds is 2. The van der Waals surface area contributed by atoms with Crippen LogP contribution in [0.2, 0.25) is 0 Å². The first-order valence-corrected chi connectivity index (χ1v) is 5.29. The molecule has 0 saturated heterocycles. The Morgan fingerprint density at radius 3 is 1.85 bits per heavy atom. The topological polar surface area (TPSA) is 0 Å². The third kappa shape index (κ3) is 2.92. The van der Waals surface area contributed by atoms with Crippen LogP contribution in [-0.2, 0) is 0 Å². The molecule has 0 heterocycles. The standard InChI is InChI=1S/C11H20F2/c1-8(2)9-4-6-10(7-5-9)11(3,12)13/h8-10H,4-7H2,1-3H3/t9-,10-. The van der Waals surface area contributed by atoms with E-state index in [-0.39, 0.29) is 5.92 Å². The molecule has 13 heavy (non-hydrogen) atoms. The molecule has 2 heteroatoms. The van der Waals surface area contributed by atoms with E-state index in [2.05, 4.69) is 13.8 Å². The third-order valence-corrected chi connectivity index (χ3v) is 3.43. The van der Waals surface area contributed by atoms with Crippen molar-refractivity contribution >= 4 is 0 Å². The van der Waals surface area contributed by atoms with E-state index in [1.807, 2.05) is 0 Å². The van der Waals surface area contributed by atoms with Gasteiger partial charge in [-0.25, -0.2) is 8.78 Å². The number of alkyl halides is 2. The lowest BCUT2D eigenvalue weighted by Gasteiger charge is -2.33. The van der Waals surface area contributed by atoms with Crippen molar-refractivity contribution in [3.63, 3.8) is 0 Å². The van der Waals surface area contributed by atoms with Gasteiger partial charge in [0, 0.05) is 5.92 Å². The highest BCUT2D eigenvalue weighted by Crippen LogP contribution is 2.40. The lowest BCUT2D eigenvalue weighted by atomic mass is 9.75. The quantitative estimate of drug-likeness (QED) is 0.615. The Hall–Kier alpha value is -0.140. The zero-order valence-electron chi connectivity index (χ0n) is 8.82. The molecule has 1 aliphatic carbocycles. The summed E-state index contributed by atoms with van der Waals surface area (Å²) >= 11 is 0. The largest absolute Gasteiger partial charge is 0.248 e. The molecule has 0 spiro atoms. The fourth-order valence-electron chi connectivity index (χ4n) is 2.29. The average molecular weight is 190 g/mol. The predicted molar refractivity (Wildman–Crippen MR) is 50.9 cm³/mol. The summed E-state index contributed by atoms with van der Waals surface area (Å²) in [6.45, 7) is 5.44. The van der Waals surface area contributed by atoms with Crippen molar-refractivity contribution in [2.45, 2.75) is 52.4 Å². The monoisotopic (exact) mass is 190 g/mol. The molecule has 1 saturated carbocycles. The van der Waals surface area contributed by atoms with Gasteiger partial charge in [0.05, 0.1) is 0 Å². The molecule has 0 bridgehead atoms. The summed E-state index contributed by atoms with van der Waals surface area (Å²) in [7, 11) is 0. The minimum atomic E-state index is -2.46. The third-order valence-electron chi connectivity index (χ3n) is 3.43. The van der Waals surface area contributed by atoms with Gasteiger partial charge in [0.15, 0.2) is 0 Å². The van der Waals surface area contributed by atoms with E-state index in [4.69, 9.17) is 0 Å². The molecular formula is C11H20F2. The second kappa shape index (κ2) is 3.93. The molecule has 0 aliphatic heterocycles. The zero-order valence-corrected chi connectivity index (χ0v) is 8.82. The van der Waals surface area contributed by atoms with E-state index < -0.39 is 5.92 Å². The van der Waals surface area contributed by atoms with E-state index in [1.54, 1.807) is 0 Å². The molecule has 1 fully saturated rings. The van der Waals surface area contributed by atoms with Crippen LogP contribution in [-0.4, -0.2) is 5.92 Å². The van der Waals surface area contributed by atoms with Crippen LogP contribution >= 0.6 is 0 Å². The van der Waals surface area contributed by atoms with Gasteiger partial charge in [0.1, 0.15) is 0 Å². The van der Waals surface area contributed by atoms with Gasteiger partial charge in [-0.3, -0.25) is 0 Å². The molecule has 0 amide bonds. The van der Waals surface area contributed by atoms with E-state index >= 15 is 0 Å². The van der Waals surface area contributed by atoms with Crippen LogP contribution in [0.15, 0.2) is 0 Å². The lowest BCUT2D eigenvalue weighted by Crippen LogP contribution is -2.30. The summed E-state index contributed by atoms with van der Waals surface area (Å²) in [5.41, 5.74) is 0. The van der Waals surface area contributed by atoms with E-state index in [0.717, 1.165) is 19.8 Å². The molecule has 0 radical (unpaired) electrons. The summed E-state index contributed by atoms with van der Waals surface area (Å²) in [6.07, 6.45) is 3.41. The maximum Gasteiger partial charge on any atom is 0.248 e. The summed E-state index contributed by atoms with van der Waals surface area (Å²) in [5.74, 6) is -1.48. The van der Waals surface area contributed by atoms with Gasteiger partial charge in [-0.1, -0.05) is 13.8 Å². The summed E-state index contributed by atoms with van der Waals surface area (Å²) in [6, 6.07) is 0. The van der Waals surface area contributed by atoms with Crippen LogP contribution in [0.5, 0.6) is 0 Å². The normalized spacial score (nSPS) is 30.9. The molecule has 0 aromatic rings. The highest BCUT2D eigenvalue weighted by molar-refractivity contribution is 4.80. The van der Waals surface area contributed by atoms with Crippen LogP contribution in [0.25, 0.3) is 0 Å². The number of halogens is 2. The van der Waals surface area contributed by atoms with Crippen molar-refractivity contribution in [1.82, 2.24) is 0 Å². The Balaban J connectivity index is 2.39. The van der Waals surface area contributed by atoms with E-state index in [0.29, 0.717) is 24.7 Å². The van der Waals surface area contributed by atoms with Crippen molar-refractivity contribution in [2.75, 3.05) is 0 Å². The molecule has 0 N–H and O–H groups in total. The van der Waals surface area contributed by atoms with E-state index in [9.17, 15) is 8.78 Å². The van der Waals surface area contributed by atoms with E-state index in [1.165, 1.54) is 0 Å². The minimum absolute atomic E-state index is 0.359. The van der Waals surface area contributed by atoms with Gasteiger partial charge in [0.25, 0.3) is 0 Å². The Morgan fingerprint density at radius 1 is 1.08 bits per heavy atom. The van der Waals surface area contributed by atoms with Gasteiger partial charge in [0.2, 0.25) is 5.92 Å². The SMILES string of the molecule is CC(C)[C@H]1CC[C@H](C(C)(F)F)CC1. The van der Waals surface area contributed by atoms with Crippen LogP contribution in [0, 0.1) is 17.8 Å². The number of hydrogen-bond donors (Lipinski definition) is 0. The Morgan fingerprint density at radius 2 is 1.54 bits per heavy atom. The highest BCUT2D eigenvalue weighted by atomic mass is 19.3.